The van der Waals surface area contributed by atoms with E-state index in [1.54, 1.807) is 0 Å². The molecule has 1 nitrogen and oxygen atoms in total. The van der Waals surface area contributed by atoms with Crippen molar-refractivity contribution in [2.45, 2.75) is 123 Å². The highest BCUT2D eigenvalue weighted by Gasteiger charge is 1.99. The number of hydrogen-bond donors (Lipinski definition) is 1. The number of aryl methyl sites for hydroxylation is 2. The Kier molecular flexibility index (Phi) is 14.4. The normalized spacial score (nSPS) is 11.2. The summed E-state index contributed by atoms with van der Waals surface area (Å²) in [4.78, 5) is 0. The molecular weight excluding hydrogens is 316 g/mol. The lowest BCUT2D eigenvalue weighted by Crippen LogP contribution is -1.88. The molecule has 0 aliphatic rings. The molecule has 1 heteroatoms. The highest BCUT2D eigenvalue weighted by atomic mass is 16.3. The molecule has 0 amide bonds. The Balaban J connectivity index is 1.79. The van der Waals surface area contributed by atoms with E-state index in [2.05, 4.69) is 19.1 Å². The van der Waals surface area contributed by atoms with Gasteiger partial charge in [-0.05, 0) is 37.0 Å². The van der Waals surface area contributed by atoms with Crippen molar-refractivity contribution in [1.29, 1.82) is 0 Å². The Morgan fingerprint density at radius 1 is 0.615 bits per heavy atom. The fourth-order valence-corrected chi connectivity index (χ4v) is 3.75. The molecule has 1 N–H and O–H groups in total. The molecule has 0 fully saturated rings. The maximum atomic E-state index is 9.56. The molecule has 1 aromatic carbocycles. The van der Waals surface area contributed by atoms with E-state index in [1.165, 1.54) is 108 Å². The first kappa shape index (κ1) is 23.1. The van der Waals surface area contributed by atoms with Gasteiger partial charge < -0.3 is 5.11 Å². The molecule has 0 aliphatic heterocycles. The molecule has 0 bridgehead atoms. The van der Waals surface area contributed by atoms with Gasteiger partial charge in [-0.1, -0.05) is 115 Å². The van der Waals surface area contributed by atoms with E-state index in [1.807, 2.05) is 13.0 Å². The van der Waals surface area contributed by atoms with Crippen molar-refractivity contribution in [3.8, 4) is 5.75 Å². The minimum absolute atomic E-state index is 0.417. The predicted octanol–water partition coefficient (Wildman–Crippen LogP) is 8.50. The largest absolute Gasteiger partial charge is 0.508 e. The van der Waals surface area contributed by atoms with E-state index in [0.717, 1.165) is 12.0 Å². The second-order valence-electron chi connectivity index (χ2n) is 8.17. The van der Waals surface area contributed by atoms with Crippen molar-refractivity contribution in [2.24, 2.45) is 0 Å². The Hall–Kier alpha value is -0.980. The first-order valence-corrected chi connectivity index (χ1v) is 11.5. The van der Waals surface area contributed by atoms with Gasteiger partial charge in [-0.25, -0.2) is 0 Å². The maximum absolute atomic E-state index is 9.56. The topological polar surface area (TPSA) is 20.2 Å². The molecule has 1 rings (SSSR count). The van der Waals surface area contributed by atoms with Gasteiger partial charge in [0.25, 0.3) is 0 Å². The molecule has 0 saturated carbocycles. The van der Waals surface area contributed by atoms with Crippen molar-refractivity contribution >= 4 is 0 Å². The van der Waals surface area contributed by atoms with Gasteiger partial charge in [0, 0.05) is 0 Å². The van der Waals surface area contributed by atoms with Gasteiger partial charge in [0.15, 0.2) is 0 Å². The second-order valence-corrected chi connectivity index (χ2v) is 8.17. The Bertz CT molecular complexity index is 438. The summed E-state index contributed by atoms with van der Waals surface area (Å²) in [5, 5.41) is 9.56. The van der Waals surface area contributed by atoms with Crippen LogP contribution in [-0.2, 0) is 6.42 Å². The van der Waals surface area contributed by atoms with Crippen LogP contribution < -0.4 is 0 Å². The summed E-state index contributed by atoms with van der Waals surface area (Å²) >= 11 is 0. The summed E-state index contributed by atoms with van der Waals surface area (Å²) in [6.45, 7) is 4.27. The van der Waals surface area contributed by atoms with E-state index in [4.69, 9.17) is 0 Å². The minimum Gasteiger partial charge on any atom is -0.508 e. The Morgan fingerprint density at radius 2 is 1.04 bits per heavy atom. The van der Waals surface area contributed by atoms with Crippen LogP contribution in [0.5, 0.6) is 5.75 Å². The third-order valence-corrected chi connectivity index (χ3v) is 5.58. The molecule has 0 atom stereocenters. The first-order valence-electron chi connectivity index (χ1n) is 11.5. The van der Waals surface area contributed by atoms with Crippen molar-refractivity contribution in [1.82, 2.24) is 0 Å². The average Bonchev–Trinajstić information content (AvgIpc) is 2.64. The van der Waals surface area contributed by atoms with Crippen LogP contribution in [0.4, 0.5) is 0 Å². The lowest BCUT2D eigenvalue weighted by molar-refractivity contribution is 0.470. The number of phenolic OH excluding ortho intramolecular Hbond substituents is 1. The lowest BCUT2D eigenvalue weighted by Gasteiger charge is -2.05. The Morgan fingerprint density at radius 3 is 1.46 bits per heavy atom. The lowest BCUT2D eigenvalue weighted by atomic mass is 10.0. The molecule has 150 valence electrons. The van der Waals surface area contributed by atoms with Gasteiger partial charge in [0.05, 0.1) is 0 Å². The SMILES string of the molecule is CCCCCCCCCCCCCCCCCCc1ccc(O)c(C)c1. The molecule has 0 heterocycles. The van der Waals surface area contributed by atoms with Gasteiger partial charge in [0.2, 0.25) is 0 Å². The molecule has 1 aromatic rings. The molecule has 0 aliphatic carbocycles. The first-order chi connectivity index (χ1) is 12.7. The highest BCUT2D eigenvalue weighted by molar-refractivity contribution is 5.34. The molecule has 26 heavy (non-hydrogen) atoms. The summed E-state index contributed by atoms with van der Waals surface area (Å²) in [6, 6.07) is 6.02. The summed E-state index contributed by atoms with van der Waals surface area (Å²) < 4.78 is 0. The number of phenols is 1. The van der Waals surface area contributed by atoms with Gasteiger partial charge in [-0.15, -0.1) is 0 Å². The zero-order valence-corrected chi connectivity index (χ0v) is 17.7. The molecule has 0 aromatic heterocycles. The maximum Gasteiger partial charge on any atom is 0.118 e. The summed E-state index contributed by atoms with van der Waals surface area (Å²) in [5.41, 5.74) is 2.37. The molecule has 0 unspecified atom stereocenters. The molecule has 0 spiro atoms. The Labute approximate surface area is 163 Å². The van der Waals surface area contributed by atoms with Crippen molar-refractivity contribution in [2.75, 3.05) is 0 Å². The summed E-state index contributed by atoms with van der Waals surface area (Å²) in [7, 11) is 0. The highest BCUT2D eigenvalue weighted by Crippen LogP contribution is 2.19. The van der Waals surface area contributed by atoms with Gasteiger partial charge >= 0.3 is 0 Å². The van der Waals surface area contributed by atoms with Crippen LogP contribution in [0.1, 0.15) is 121 Å². The van der Waals surface area contributed by atoms with Crippen LogP contribution in [0.25, 0.3) is 0 Å². The number of benzene rings is 1. The van der Waals surface area contributed by atoms with Crippen LogP contribution >= 0.6 is 0 Å². The standard InChI is InChI=1S/C25H44O/c1-3-4-5-6-7-8-9-10-11-12-13-14-15-16-17-18-19-24-20-21-25(26)23(2)22-24/h20-22,26H,3-19H2,1-2H3. The second kappa shape index (κ2) is 16.2. The minimum atomic E-state index is 0.417. The fraction of sp³-hybridized carbons (Fsp3) is 0.760. The quantitative estimate of drug-likeness (QED) is 0.276. The van der Waals surface area contributed by atoms with E-state index in [-0.39, 0.29) is 0 Å². The van der Waals surface area contributed by atoms with Gasteiger partial charge in [0.1, 0.15) is 5.75 Å². The van der Waals surface area contributed by atoms with E-state index in [9.17, 15) is 5.11 Å². The van der Waals surface area contributed by atoms with Crippen LogP contribution in [0.15, 0.2) is 18.2 Å². The number of unbranched alkanes of at least 4 members (excludes halogenated alkanes) is 15. The van der Waals surface area contributed by atoms with Crippen molar-refractivity contribution in [3.05, 3.63) is 29.3 Å². The van der Waals surface area contributed by atoms with Crippen molar-refractivity contribution < 1.29 is 5.11 Å². The third kappa shape index (κ3) is 12.4. The number of rotatable bonds is 17. The van der Waals surface area contributed by atoms with Crippen LogP contribution in [-0.4, -0.2) is 5.11 Å². The average molecular weight is 361 g/mol. The van der Waals surface area contributed by atoms with Crippen LogP contribution in [0.2, 0.25) is 0 Å². The number of hydrogen-bond acceptors (Lipinski definition) is 1. The summed E-state index contributed by atoms with van der Waals surface area (Å²) in [6.07, 6.45) is 23.9. The summed E-state index contributed by atoms with van der Waals surface area (Å²) in [5.74, 6) is 0.417. The monoisotopic (exact) mass is 360 g/mol. The van der Waals surface area contributed by atoms with Crippen molar-refractivity contribution in [3.63, 3.8) is 0 Å². The fourth-order valence-electron chi connectivity index (χ4n) is 3.75. The van der Waals surface area contributed by atoms with Crippen LogP contribution in [0.3, 0.4) is 0 Å². The van der Waals surface area contributed by atoms with E-state index >= 15 is 0 Å². The third-order valence-electron chi connectivity index (χ3n) is 5.58. The number of aromatic hydroxyl groups is 1. The zero-order valence-electron chi connectivity index (χ0n) is 17.7. The molecule has 0 radical (unpaired) electrons. The predicted molar refractivity (Wildman–Crippen MR) is 116 cm³/mol. The van der Waals surface area contributed by atoms with E-state index < -0.39 is 0 Å². The van der Waals surface area contributed by atoms with Gasteiger partial charge in [-0.2, -0.15) is 0 Å². The van der Waals surface area contributed by atoms with Crippen LogP contribution in [0, 0.1) is 6.92 Å². The molecular formula is C25H44O. The zero-order chi connectivity index (χ0) is 18.9. The van der Waals surface area contributed by atoms with E-state index in [0.29, 0.717) is 5.75 Å². The molecule has 0 saturated heterocycles. The smallest absolute Gasteiger partial charge is 0.118 e. The van der Waals surface area contributed by atoms with Gasteiger partial charge in [-0.3, -0.25) is 0 Å².